The molecule has 0 saturated carbocycles. The molecule has 0 aliphatic carbocycles. The lowest BCUT2D eigenvalue weighted by atomic mass is 10.1. The second-order valence-corrected chi connectivity index (χ2v) is 6.27. The predicted molar refractivity (Wildman–Crippen MR) is 80.1 cm³/mol. The molecule has 1 aromatic rings. The smallest absolute Gasteiger partial charge is 0.177 e. The Morgan fingerprint density at radius 2 is 2.37 bits per heavy atom. The van der Waals surface area contributed by atoms with Crippen LogP contribution in [-0.4, -0.2) is 31.6 Å². The van der Waals surface area contributed by atoms with E-state index in [2.05, 4.69) is 11.8 Å². The molecule has 2 N–H and O–H groups in total. The summed E-state index contributed by atoms with van der Waals surface area (Å²) in [5, 5.41) is 1.09. The number of Topliss-reactive ketones (excluding diaryl/α,β-unsaturated/α-hetero) is 1. The SMILES string of the molecule is CCC1CN(c2cc(N)c(C(=O)C(C)C)s2)CCO1. The van der Waals surface area contributed by atoms with Crippen molar-refractivity contribution in [3.05, 3.63) is 10.9 Å². The molecule has 4 nitrogen and oxygen atoms in total. The van der Waals surface area contributed by atoms with Crippen molar-refractivity contribution in [3.63, 3.8) is 0 Å². The summed E-state index contributed by atoms with van der Waals surface area (Å²) in [6.45, 7) is 8.43. The van der Waals surface area contributed by atoms with Gasteiger partial charge in [0.15, 0.2) is 5.78 Å². The molecule has 2 heterocycles. The molecule has 0 aromatic carbocycles. The van der Waals surface area contributed by atoms with E-state index in [9.17, 15) is 4.79 Å². The van der Waals surface area contributed by atoms with Crippen LogP contribution in [0.15, 0.2) is 6.07 Å². The van der Waals surface area contributed by atoms with Crippen molar-refractivity contribution >= 4 is 27.8 Å². The molecule has 1 atom stereocenters. The van der Waals surface area contributed by atoms with Crippen LogP contribution in [0.1, 0.15) is 36.9 Å². The highest BCUT2D eigenvalue weighted by molar-refractivity contribution is 7.18. The normalized spacial score (nSPS) is 20.0. The van der Waals surface area contributed by atoms with Crippen molar-refractivity contribution in [3.8, 4) is 0 Å². The van der Waals surface area contributed by atoms with Crippen LogP contribution in [0.25, 0.3) is 0 Å². The minimum absolute atomic E-state index is 0.0121. The fourth-order valence-corrected chi connectivity index (χ4v) is 3.37. The van der Waals surface area contributed by atoms with E-state index < -0.39 is 0 Å². The van der Waals surface area contributed by atoms with Gasteiger partial charge < -0.3 is 15.4 Å². The molecular weight excluding hydrogens is 260 g/mol. The second kappa shape index (κ2) is 5.92. The first-order valence-electron chi connectivity index (χ1n) is 6.83. The summed E-state index contributed by atoms with van der Waals surface area (Å²) in [5.41, 5.74) is 6.60. The Balaban J connectivity index is 2.17. The van der Waals surface area contributed by atoms with Gasteiger partial charge in [0.05, 0.1) is 28.3 Å². The number of hydrogen-bond acceptors (Lipinski definition) is 5. The molecule has 1 unspecified atom stereocenters. The zero-order valence-corrected chi connectivity index (χ0v) is 12.6. The van der Waals surface area contributed by atoms with E-state index >= 15 is 0 Å². The lowest BCUT2D eigenvalue weighted by Gasteiger charge is -2.33. The first-order valence-corrected chi connectivity index (χ1v) is 7.64. The van der Waals surface area contributed by atoms with Crippen molar-refractivity contribution < 1.29 is 9.53 Å². The largest absolute Gasteiger partial charge is 0.397 e. The Bertz CT molecular complexity index is 456. The minimum atomic E-state index is -0.0121. The number of hydrogen-bond donors (Lipinski definition) is 1. The Hall–Kier alpha value is -1.07. The van der Waals surface area contributed by atoms with E-state index in [4.69, 9.17) is 10.5 Å². The number of nitrogens with zero attached hydrogens (tertiary/aromatic N) is 1. The van der Waals surface area contributed by atoms with Gasteiger partial charge in [0.2, 0.25) is 0 Å². The third-order valence-corrected chi connectivity index (χ3v) is 4.63. The summed E-state index contributed by atoms with van der Waals surface area (Å²) in [7, 11) is 0. The first-order chi connectivity index (χ1) is 9.02. The van der Waals surface area contributed by atoms with E-state index in [1.54, 1.807) is 0 Å². The second-order valence-electron chi connectivity index (χ2n) is 5.24. The summed E-state index contributed by atoms with van der Waals surface area (Å²) in [5.74, 6) is 0.121. The van der Waals surface area contributed by atoms with Gasteiger partial charge in [0.25, 0.3) is 0 Å². The van der Waals surface area contributed by atoms with Gasteiger partial charge in [-0.15, -0.1) is 11.3 Å². The molecule has 2 rings (SSSR count). The predicted octanol–water partition coefficient (Wildman–Crippen LogP) is 2.78. The van der Waals surface area contributed by atoms with E-state index in [1.165, 1.54) is 11.3 Å². The van der Waals surface area contributed by atoms with Crippen LogP contribution >= 0.6 is 11.3 Å². The number of morpholine rings is 1. The molecule has 0 spiro atoms. The summed E-state index contributed by atoms with van der Waals surface area (Å²) in [6, 6.07) is 1.93. The van der Waals surface area contributed by atoms with E-state index in [-0.39, 0.29) is 17.8 Å². The highest BCUT2D eigenvalue weighted by Crippen LogP contribution is 2.34. The number of ether oxygens (including phenoxy) is 1. The maximum Gasteiger partial charge on any atom is 0.177 e. The van der Waals surface area contributed by atoms with Crippen LogP contribution in [0.3, 0.4) is 0 Å². The van der Waals surface area contributed by atoms with E-state index in [0.29, 0.717) is 10.6 Å². The molecule has 0 radical (unpaired) electrons. The first kappa shape index (κ1) is 14.3. The van der Waals surface area contributed by atoms with Gasteiger partial charge in [0, 0.05) is 19.0 Å². The zero-order valence-electron chi connectivity index (χ0n) is 11.8. The van der Waals surface area contributed by atoms with Gasteiger partial charge in [-0.25, -0.2) is 0 Å². The fourth-order valence-electron chi connectivity index (χ4n) is 2.17. The van der Waals surface area contributed by atoms with Crippen molar-refractivity contribution in [2.75, 3.05) is 30.3 Å². The molecule has 1 saturated heterocycles. The lowest BCUT2D eigenvalue weighted by molar-refractivity contribution is 0.0386. The highest BCUT2D eigenvalue weighted by atomic mass is 32.1. The van der Waals surface area contributed by atoms with Crippen molar-refractivity contribution in [2.24, 2.45) is 5.92 Å². The van der Waals surface area contributed by atoms with Gasteiger partial charge in [-0.2, -0.15) is 0 Å². The zero-order chi connectivity index (χ0) is 14.0. The van der Waals surface area contributed by atoms with Crippen molar-refractivity contribution in [2.45, 2.75) is 33.3 Å². The summed E-state index contributed by atoms with van der Waals surface area (Å²) in [6.07, 6.45) is 1.29. The molecule has 106 valence electrons. The number of nitrogen functional groups attached to an aromatic ring is 1. The van der Waals surface area contributed by atoms with Crippen molar-refractivity contribution in [1.82, 2.24) is 0 Å². The average molecular weight is 282 g/mol. The standard InChI is InChI=1S/C14H22N2O2S/c1-4-10-8-16(5-6-18-10)12-7-11(15)14(19-12)13(17)9(2)3/h7,9-10H,4-6,8,15H2,1-3H3. The van der Waals surface area contributed by atoms with Crippen LogP contribution in [0.2, 0.25) is 0 Å². The van der Waals surface area contributed by atoms with Gasteiger partial charge in [-0.1, -0.05) is 20.8 Å². The number of ketones is 1. The Labute approximate surface area is 118 Å². The summed E-state index contributed by atoms with van der Waals surface area (Å²) >= 11 is 1.51. The molecule has 5 heteroatoms. The fraction of sp³-hybridized carbons (Fsp3) is 0.643. The Morgan fingerprint density at radius 3 is 3.00 bits per heavy atom. The van der Waals surface area contributed by atoms with E-state index in [0.717, 1.165) is 31.1 Å². The number of carbonyl (C=O) groups excluding carboxylic acids is 1. The molecule has 1 fully saturated rings. The number of anilines is 2. The Morgan fingerprint density at radius 1 is 1.63 bits per heavy atom. The third-order valence-electron chi connectivity index (χ3n) is 3.40. The van der Waals surface area contributed by atoms with Crippen LogP contribution in [0.5, 0.6) is 0 Å². The monoisotopic (exact) mass is 282 g/mol. The third kappa shape index (κ3) is 3.09. The lowest BCUT2D eigenvalue weighted by Crippen LogP contribution is -2.41. The topological polar surface area (TPSA) is 55.6 Å². The van der Waals surface area contributed by atoms with Gasteiger partial charge in [0.1, 0.15) is 0 Å². The molecule has 1 aromatic heterocycles. The van der Waals surface area contributed by atoms with Gasteiger partial charge in [-0.3, -0.25) is 4.79 Å². The maximum absolute atomic E-state index is 12.1. The van der Waals surface area contributed by atoms with Crippen LogP contribution < -0.4 is 10.6 Å². The maximum atomic E-state index is 12.1. The van der Waals surface area contributed by atoms with Crippen LogP contribution in [0, 0.1) is 5.92 Å². The Kier molecular flexibility index (Phi) is 4.47. The highest BCUT2D eigenvalue weighted by Gasteiger charge is 2.23. The van der Waals surface area contributed by atoms with Gasteiger partial charge >= 0.3 is 0 Å². The summed E-state index contributed by atoms with van der Waals surface area (Å²) < 4.78 is 5.67. The molecule has 0 bridgehead atoms. The van der Waals surface area contributed by atoms with Gasteiger partial charge in [-0.05, 0) is 12.5 Å². The van der Waals surface area contributed by atoms with Crippen LogP contribution in [-0.2, 0) is 4.74 Å². The quantitative estimate of drug-likeness (QED) is 0.863. The molecule has 1 aliphatic rings. The van der Waals surface area contributed by atoms with Crippen LogP contribution in [0.4, 0.5) is 10.7 Å². The number of carbonyl (C=O) groups is 1. The average Bonchev–Trinajstić information content (AvgIpc) is 2.80. The molecule has 0 amide bonds. The summed E-state index contributed by atoms with van der Waals surface area (Å²) in [4.78, 5) is 15.0. The number of thiophene rings is 1. The molecule has 1 aliphatic heterocycles. The minimum Gasteiger partial charge on any atom is -0.397 e. The molecular formula is C14H22N2O2S. The molecule has 19 heavy (non-hydrogen) atoms. The number of nitrogens with two attached hydrogens (primary N) is 1. The van der Waals surface area contributed by atoms with Crippen molar-refractivity contribution in [1.29, 1.82) is 0 Å². The van der Waals surface area contributed by atoms with E-state index in [1.807, 2.05) is 19.9 Å². The number of rotatable bonds is 4.